The second kappa shape index (κ2) is 12.3. The minimum absolute atomic E-state index is 0.0812. The van der Waals surface area contributed by atoms with Gasteiger partial charge in [0.15, 0.2) is 5.82 Å². The molecule has 0 aromatic carbocycles. The van der Waals surface area contributed by atoms with E-state index in [0.717, 1.165) is 19.3 Å². The highest BCUT2D eigenvalue weighted by Crippen LogP contribution is 2.22. The van der Waals surface area contributed by atoms with E-state index in [1.54, 1.807) is 24.4 Å². The topological polar surface area (TPSA) is 139 Å². The Morgan fingerprint density at radius 1 is 1.23 bits per heavy atom. The zero-order valence-corrected chi connectivity index (χ0v) is 17.9. The third kappa shape index (κ3) is 7.37. The summed E-state index contributed by atoms with van der Waals surface area (Å²) in [5.74, 6) is 0.606. The van der Waals surface area contributed by atoms with Crippen LogP contribution in [0.4, 0.5) is 5.82 Å². The van der Waals surface area contributed by atoms with Crippen LogP contribution in [-0.2, 0) is 9.59 Å². The number of methoxy groups -OCH3 is 2. The first-order valence-electron chi connectivity index (χ1n) is 9.90. The van der Waals surface area contributed by atoms with E-state index in [4.69, 9.17) is 9.47 Å². The normalized spacial score (nSPS) is 11.4. The molecule has 0 aliphatic rings. The Morgan fingerprint density at radius 3 is 2.48 bits per heavy atom. The van der Waals surface area contributed by atoms with Crippen LogP contribution < -0.4 is 20.3 Å². The fraction of sp³-hybridized carbons (Fsp3) is 0.450. The molecule has 0 bridgehead atoms. The van der Waals surface area contributed by atoms with Gasteiger partial charge in [-0.1, -0.05) is 26.2 Å². The Hall–Kier alpha value is -3.47. The molecule has 0 aliphatic heterocycles. The average molecular weight is 432 g/mol. The van der Waals surface area contributed by atoms with Gasteiger partial charge in [0.05, 0.1) is 32.7 Å². The molecule has 0 radical (unpaired) electrons. The molecule has 2 amide bonds. The summed E-state index contributed by atoms with van der Waals surface area (Å²) in [6, 6.07) is 4.95. The lowest BCUT2D eigenvalue weighted by Crippen LogP contribution is -2.40. The quantitative estimate of drug-likeness (QED) is 0.188. The number of aromatic nitrogens is 3. The van der Waals surface area contributed by atoms with Gasteiger partial charge >= 0.3 is 0 Å². The number of pyridine rings is 1. The maximum atomic E-state index is 12.5. The molecule has 11 nitrogen and oxygen atoms in total. The Balaban J connectivity index is 2.01. The minimum atomic E-state index is -0.550. The van der Waals surface area contributed by atoms with Crippen LogP contribution >= 0.6 is 0 Å². The van der Waals surface area contributed by atoms with Gasteiger partial charge in [-0.15, -0.1) is 0 Å². The number of anilines is 1. The lowest BCUT2D eigenvalue weighted by Gasteiger charge is -2.19. The Bertz CT molecular complexity index is 826. The number of carbonyl (C=O) groups is 2. The number of hydrogen-bond donors (Lipinski definition) is 3. The summed E-state index contributed by atoms with van der Waals surface area (Å²) in [7, 11) is 3.00. The Labute approximate surface area is 180 Å². The van der Waals surface area contributed by atoms with Gasteiger partial charge < -0.3 is 9.47 Å². The van der Waals surface area contributed by atoms with Gasteiger partial charge in [0.25, 0.3) is 0 Å². The molecular weight excluding hydrogens is 404 g/mol. The van der Waals surface area contributed by atoms with Crippen molar-refractivity contribution in [2.45, 2.75) is 32.6 Å². The molecule has 1 atom stereocenters. The van der Waals surface area contributed by atoms with Crippen molar-refractivity contribution in [3.8, 4) is 23.1 Å². The zero-order valence-electron chi connectivity index (χ0n) is 17.9. The number of unbranched alkanes of at least 4 members (excludes halogenated alkanes) is 2. The zero-order chi connectivity index (χ0) is 22.6. The molecule has 0 spiro atoms. The number of nitrogens with zero attached hydrogens (tertiary/aromatic N) is 4. The molecule has 2 aromatic rings. The Kier molecular flexibility index (Phi) is 9.43. The summed E-state index contributed by atoms with van der Waals surface area (Å²) in [5.41, 5.74) is 5.95. The first kappa shape index (κ1) is 23.8. The molecular formula is C20H28N6O5. The maximum absolute atomic E-state index is 12.5. The van der Waals surface area contributed by atoms with Gasteiger partial charge in [0, 0.05) is 11.8 Å². The molecule has 168 valence electrons. The van der Waals surface area contributed by atoms with Gasteiger partial charge in [-0.3, -0.25) is 25.6 Å². The summed E-state index contributed by atoms with van der Waals surface area (Å²) in [5, 5.41) is 9.93. The SMILES string of the molecule is CCCCC[C@H](CN(O)C=O)C(=O)NNc1ccc(-c2nc(OC)cc(OC)n2)cn1. The van der Waals surface area contributed by atoms with E-state index >= 15 is 0 Å². The van der Waals surface area contributed by atoms with E-state index in [1.807, 2.05) is 0 Å². The van der Waals surface area contributed by atoms with E-state index in [0.29, 0.717) is 40.4 Å². The summed E-state index contributed by atoms with van der Waals surface area (Å²) in [6.07, 6.45) is 5.16. The van der Waals surface area contributed by atoms with Crippen LogP contribution in [0.5, 0.6) is 11.8 Å². The second-order valence-electron chi connectivity index (χ2n) is 6.74. The van der Waals surface area contributed by atoms with E-state index in [2.05, 4.69) is 32.7 Å². The predicted octanol–water partition coefficient (Wildman–Crippen LogP) is 2.04. The first-order valence-corrected chi connectivity index (χ1v) is 9.90. The number of ether oxygens (including phenoxy) is 2. The molecule has 31 heavy (non-hydrogen) atoms. The van der Waals surface area contributed by atoms with E-state index in [1.165, 1.54) is 14.2 Å². The number of nitrogens with one attached hydrogen (secondary N) is 2. The van der Waals surface area contributed by atoms with E-state index < -0.39 is 5.92 Å². The highest BCUT2D eigenvalue weighted by atomic mass is 16.5. The number of hydroxylamine groups is 2. The van der Waals surface area contributed by atoms with Gasteiger partial charge in [-0.2, -0.15) is 9.97 Å². The summed E-state index contributed by atoms with van der Waals surface area (Å²) >= 11 is 0. The first-order chi connectivity index (χ1) is 15.0. The van der Waals surface area contributed by atoms with Gasteiger partial charge in [-0.05, 0) is 18.6 Å². The maximum Gasteiger partial charge on any atom is 0.243 e. The predicted molar refractivity (Wildman–Crippen MR) is 112 cm³/mol. The van der Waals surface area contributed by atoms with Crippen molar-refractivity contribution in [1.29, 1.82) is 0 Å². The number of hydrazine groups is 1. The van der Waals surface area contributed by atoms with Crippen molar-refractivity contribution < 1.29 is 24.3 Å². The third-order valence-corrected chi connectivity index (χ3v) is 4.49. The van der Waals surface area contributed by atoms with Crippen molar-refractivity contribution >= 4 is 18.1 Å². The van der Waals surface area contributed by atoms with Crippen LogP contribution in [0.2, 0.25) is 0 Å². The van der Waals surface area contributed by atoms with Gasteiger partial charge in [0.1, 0.15) is 5.82 Å². The molecule has 0 saturated carbocycles. The fourth-order valence-corrected chi connectivity index (χ4v) is 2.78. The van der Waals surface area contributed by atoms with Gasteiger partial charge in [0.2, 0.25) is 24.1 Å². The number of amides is 2. The van der Waals surface area contributed by atoms with Crippen molar-refractivity contribution in [1.82, 2.24) is 25.4 Å². The van der Waals surface area contributed by atoms with Crippen molar-refractivity contribution in [2.24, 2.45) is 5.92 Å². The molecule has 2 rings (SSSR count). The van der Waals surface area contributed by atoms with Crippen molar-refractivity contribution in [2.75, 3.05) is 26.2 Å². The van der Waals surface area contributed by atoms with Crippen LogP contribution in [0, 0.1) is 5.92 Å². The van der Waals surface area contributed by atoms with E-state index in [-0.39, 0.29) is 18.9 Å². The summed E-state index contributed by atoms with van der Waals surface area (Å²) in [6.45, 7) is 1.98. The molecule has 2 heterocycles. The lowest BCUT2D eigenvalue weighted by atomic mass is 10.0. The van der Waals surface area contributed by atoms with Crippen LogP contribution in [0.3, 0.4) is 0 Å². The Morgan fingerprint density at radius 2 is 1.94 bits per heavy atom. The average Bonchev–Trinajstić information content (AvgIpc) is 2.81. The van der Waals surface area contributed by atoms with Crippen molar-refractivity contribution in [3.63, 3.8) is 0 Å². The molecule has 0 saturated heterocycles. The molecule has 0 unspecified atom stereocenters. The number of rotatable bonds is 13. The van der Waals surface area contributed by atoms with Crippen LogP contribution in [0.25, 0.3) is 11.4 Å². The largest absolute Gasteiger partial charge is 0.481 e. The molecule has 0 aliphatic carbocycles. The number of carbonyl (C=O) groups excluding carboxylic acids is 2. The summed E-state index contributed by atoms with van der Waals surface area (Å²) < 4.78 is 10.3. The highest BCUT2D eigenvalue weighted by molar-refractivity contribution is 5.80. The van der Waals surface area contributed by atoms with Crippen LogP contribution in [-0.4, -0.2) is 58.3 Å². The van der Waals surface area contributed by atoms with E-state index in [9.17, 15) is 14.8 Å². The molecule has 11 heteroatoms. The molecule has 0 fully saturated rings. The van der Waals surface area contributed by atoms with Crippen molar-refractivity contribution in [3.05, 3.63) is 24.4 Å². The smallest absolute Gasteiger partial charge is 0.243 e. The minimum Gasteiger partial charge on any atom is -0.481 e. The highest BCUT2D eigenvalue weighted by Gasteiger charge is 2.20. The monoisotopic (exact) mass is 432 g/mol. The second-order valence-corrected chi connectivity index (χ2v) is 6.74. The lowest BCUT2D eigenvalue weighted by molar-refractivity contribution is -0.154. The fourth-order valence-electron chi connectivity index (χ4n) is 2.78. The van der Waals surface area contributed by atoms with Gasteiger partial charge in [-0.25, -0.2) is 10.0 Å². The van der Waals surface area contributed by atoms with Crippen LogP contribution in [0.15, 0.2) is 24.4 Å². The molecule has 2 aromatic heterocycles. The number of hydrogen-bond acceptors (Lipinski definition) is 9. The third-order valence-electron chi connectivity index (χ3n) is 4.49. The molecule has 3 N–H and O–H groups in total. The summed E-state index contributed by atoms with van der Waals surface area (Å²) in [4.78, 5) is 36.0. The standard InChI is InChI=1S/C20H28N6O5/c1-4-5-6-7-15(12-26(29)13-27)20(28)25-24-16-9-8-14(11-21-16)19-22-17(30-2)10-18(23-19)31-3/h8-11,13,15,29H,4-7,12H2,1-3H3,(H,21,24)(H,25,28)/t15-/m1/s1. The van der Waals surface area contributed by atoms with Crippen LogP contribution in [0.1, 0.15) is 32.6 Å².